The molecule has 5 nitrogen and oxygen atoms in total. The molecule has 1 aliphatic heterocycles. The summed E-state index contributed by atoms with van der Waals surface area (Å²) in [5, 5.41) is 4.34. The Bertz CT molecular complexity index is 481. The molecule has 3 heterocycles. The summed E-state index contributed by atoms with van der Waals surface area (Å²) in [6.45, 7) is 2.95. The normalized spacial score (nSPS) is 21.1. The zero-order valence-corrected chi connectivity index (χ0v) is 10.9. The van der Waals surface area contributed by atoms with E-state index < -0.39 is 0 Å². The predicted molar refractivity (Wildman–Crippen MR) is 65.4 cm³/mol. The summed E-state index contributed by atoms with van der Waals surface area (Å²) in [5.41, 5.74) is 0.993. The number of hydrogen-bond donors (Lipinski definition) is 0. The molecule has 1 atom stereocenters. The van der Waals surface area contributed by atoms with Crippen molar-refractivity contribution < 1.29 is 4.42 Å². The molecule has 17 heavy (non-hydrogen) atoms. The first-order valence-corrected chi connectivity index (χ1v) is 6.39. The SMILES string of the molecule is Brc1cnn(C2CCN(Cc3cocn3)C2)c1. The van der Waals surface area contributed by atoms with Crippen molar-refractivity contribution in [1.29, 1.82) is 0 Å². The van der Waals surface area contributed by atoms with E-state index in [-0.39, 0.29) is 0 Å². The lowest BCUT2D eigenvalue weighted by atomic mass is 10.3. The molecule has 6 heteroatoms. The number of likely N-dealkylation sites (tertiary alicyclic amines) is 1. The van der Waals surface area contributed by atoms with Crippen LogP contribution < -0.4 is 0 Å². The Morgan fingerprint density at radius 1 is 1.53 bits per heavy atom. The fourth-order valence-electron chi connectivity index (χ4n) is 2.23. The maximum Gasteiger partial charge on any atom is 0.180 e. The number of halogens is 1. The Morgan fingerprint density at radius 2 is 2.47 bits per heavy atom. The summed E-state index contributed by atoms with van der Waals surface area (Å²) in [7, 11) is 0. The fraction of sp³-hybridized carbons (Fsp3) is 0.455. The van der Waals surface area contributed by atoms with Crippen molar-refractivity contribution >= 4 is 15.9 Å². The van der Waals surface area contributed by atoms with Crippen molar-refractivity contribution in [3.63, 3.8) is 0 Å². The Labute approximate surface area is 108 Å². The molecular weight excluding hydrogens is 284 g/mol. The molecule has 1 aliphatic rings. The molecule has 1 unspecified atom stereocenters. The lowest BCUT2D eigenvalue weighted by Crippen LogP contribution is -2.21. The zero-order valence-electron chi connectivity index (χ0n) is 9.29. The first-order valence-electron chi connectivity index (χ1n) is 5.60. The second-order valence-electron chi connectivity index (χ2n) is 4.30. The van der Waals surface area contributed by atoms with Crippen molar-refractivity contribution in [1.82, 2.24) is 19.7 Å². The molecule has 90 valence electrons. The van der Waals surface area contributed by atoms with Crippen LogP contribution in [0.1, 0.15) is 18.2 Å². The van der Waals surface area contributed by atoms with E-state index >= 15 is 0 Å². The summed E-state index contributed by atoms with van der Waals surface area (Å²) < 4.78 is 8.05. The van der Waals surface area contributed by atoms with Crippen LogP contribution in [0.5, 0.6) is 0 Å². The van der Waals surface area contributed by atoms with Crippen LogP contribution in [0.25, 0.3) is 0 Å². The topological polar surface area (TPSA) is 47.1 Å². The van der Waals surface area contributed by atoms with Crippen LogP contribution in [-0.4, -0.2) is 32.8 Å². The number of rotatable bonds is 3. The highest BCUT2D eigenvalue weighted by Gasteiger charge is 2.24. The molecule has 2 aromatic rings. The molecule has 0 saturated carbocycles. The molecule has 3 rings (SSSR count). The highest BCUT2D eigenvalue weighted by atomic mass is 79.9. The lowest BCUT2D eigenvalue weighted by Gasteiger charge is -2.14. The third kappa shape index (κ3) is 2.42. The largest absolute Gasteiger partial charge is 0.451 e. The molecule has 0 spiro atoms. The number of aromatic nitrogens is 3. The maximum absolute atomic E-state index is 4.98. The van der Waals surface area contributed by atoms with Crippen LogP contribution >= 0.6 is 15.9 Å². The highest BCUT2D eigenvalue weighted by Crippen LogP contribution is 2.23. The van der Waals surface area contributed by atoms with Crippen LogP contribution in [0, 0.1) is 0 Å². The van der Waals surface area contributed by atoms with Gasteiger partial charge in [0, 0.05) is 25.8 Å². The molecule has 0 bridgehead atoms. The average molecular weight is 297 g/mol. The van der Waals surface area contributed by atoms with E-state index in [9.17, 15) is 0 Å². The van der Waals surface area contributed by atoms with Gasteiger partial charge in [-0.25, -0.2) is 4.98 Å². The van der Waals surface area contributed by atoms with Crippen molar-refractivity contribution in [3.8, 4) is 0 Å². The zero-order chi connectivity index (χ0) is 11.7. The second kappa shape index (κ2) is 4.62. The van der Waals surface area contributed by atoms with Crippen LogP contribution in [0.2, 0.25) is 0 Å². The van der Waals surface area contributed by atoms with E-state index in [1.54, 1.807) is 6.26 Å². The summed E-state index contributed by atoms with van der Waals surface area (Å²) in [6, 6.07) is 0.466. The van der Waals surface area contributed by atoms with E-state index in [4.69, 9.17) is 4.42 Å². The Morgan fingerprint density at radius 3 is 3.18 bits per heavy atom. The number of nitrogens with zero attached hydrogens (tertiary/aromatic N) is 4. The maximum atomic E-state index is 4.98. The van der Waals surface area contributed by atoms with Gasteiger partial charge in [0.1, 0.15) is 6.26 Å². The first kappa shape index (κ1) is 11.0. The minimum Gasteiger partial charge on any atom is -0.451 e. The van der Waals surface area contributed by atoms with E-state index in [2.05, 4.69) is 30.9 Å². The third-order valence-corrected chi connectivity index (χ3v) is 3.47. The molecule has 1 saturated heterocycles. The van der Waals surface area contributed by atoms with Gasteiger partial charge in [0.25, 0.3) is 0 Å². The molecule has 0 amide bonds. The molecule has 0 radical (unpaired) electrons. The van der Waals surface area contributed by atoms with Gasteiger partial charge in [0.2, 0.25) is 0 Å². The molecule has 0 aliphatic carbocycles. The van der Waals surface area contributed by atoms with Crippen molar-refractivity contribution in [3.05, 3.63) is 35.2 Å². The van der Waals surface area contributed by atoms with Gasteiger partial charge >= 0.3 is 0 Å². The average Bonchev–Trinajstić information content (AvgIpc) is 2.99. The summed E-state index contributed by atoms with van der Waals surface area (Å²) in [6.07, 6.45) is 8.18. The van der Waals surface area contributed by atoms with Gasteiger partial charge in [0.15, 0.2) is 6.39 Å². The van der Waals surface area contributed by atoms with Gasteiger partial charge in [-0.15, -0.1) is 0 Å². The van der Waals surface area contributed by atoms with Crippen LogP contribution in [0.4, 0.5) is 0 Å². The van der Waals surface area contributed by atoms with Gasteiger partial charge in [-0.3, -0.25) is 9.58 Å². The lowest BCUT2D eigenvalue weighted by molar-refractivity contribution is 0.308. The first-order chi connectivity index (χ1) is 8.31. The number of oxazole rings is 1. The van der Waals surface area contributed by atoms with E-state index in [0.717, 1.165) is 36.2 Å². The van der Waals surface area contributed by atoms with Gasteiger partial charge in [-0.2, -0.15) is 5.10 Å². The van der Waals surface area contributed by atoms with E-state index in [1.807, 2.05) is 17.1 Å². The Hall–Kier alpha value is -1.14. The van der Waals surface area contributed by atoms with Gasteiger partial charge in [0.05, 0.1) is 22.4 Å². The van der Waals surface area contributed by atoms with Gasteiger partial charge in [-0.1, -0.05) is 0 Å². The summed E-state index contributed by atoms with van der Waals surface area (Å²) in [5.74, 6) is 0. The minimum absolute atomic E-state index is 0.466. The smallest absolute Gasteiger partial charge is 0.180 e. The van der Waals surface area contributed by atoms with Crippen LogP contribution in [-0.2, 0) is 6.54 Å². The predicted octanol–water partition coefficient (Wildman–Crippen LogP) is 2.08. The van der Waals surface area contributed by atoms with Gasteiger partial charge in [-0.05, 0) is 22.4 Å². The van der Waals surface area contributed by atoms with Crippen molar-refractivity contribution in [2.45, 2.75) is 19.0 Å². The van der Waals surface area contributed by atoms with Crippen molar-refractivity contribution in [2.24, 2.45) is 0 Å². The fourth-order valence-corrected chi connectivity index (χ4v) is 2.53. The van der Waals surface area contributed by atoms with E-state index in [0.29, 0.717) is 6.04 Å². The third-order valence-electron chi connectivity index (χ3n) is 3.06. The van der Waals surface area contributed by atoms with Crippen LogP contribution in [0.3, 0.4) is 0 Å². The molecule has 0 N–H and O–H groups in total. The Kier molecular flexibility index (Phi) is 2.98. The second-order valence-corrected chi connectivity index (χ2v) is 5.21. The van der Waals surface area contributed by atoms with Gasteiger partial charge < -0.3 is 4.42 Å². The minimum atomic E-state index is 0.466. The molecular formula is C11H13BrN4O. The molecule has 1 fully saturated rings. The molecule has 2 aromatic heterocycles. The highest BCUT2D eigenvalue weighted by molar-refractivity contribution is 9.10. The number of hydrogen-bond acceptors (Lipinski definition) is 4. The van der Waals surface area contributed by atoms with E-state index in [1.165, 1.54) is 6.39 Å². The monoisotopic (exact) mass is 296 g/mol. The Balaban J connectivity index is 1.62. The van der Waals surface area contributed by atoms with Crippen LogP contribution in [0.15, 0.2) is 33.9 Å². The summed E-state index contributed by atoms with van der Waals surface area (Å²) in [4.78, 5) is 6.52. The summed E-state index contributed by atoms with van der Waals surface area (Å²) >= 11 is 3.42. The molecule has 0 aromatic carbocycles. The quantitative estimate of drug-likeness (QED) is 0.870. The van der Waals surface area contributed by atoms with Crippen molar-refractivity contribution in [2.75, 3.05) is 13.1 Å². The standard InChI is InChI=1S/C11H13BrN4O/c12-9-3-14-16(4-9)11-1-2-15(6-11)5-10-7-17-8-13-10/h3-4,7-8,11H,1-2,5-6H2.